The highest BCUT2D eigenvalue weighted by molar-refractivity contribution is 5.91. The van der Waals surface area contributed by atoms with Crippen LogP contribution in [0.4, 0.5) is 18.9 Å². The standard InChI is InChI=1S/C26H30F3N3O4/c1-30-20-8-7-18(22(13-20)36-26(27,28)29)15-31-23(34)19-4-2-11-32(16-19)24(35)25(9-3-10-25)14-21(33)12-17-5-6-17/h7-8,13,17,19H,2-6,9-12,14-16H2,(H,31,34)/t19-/m1/s1. The summed E-state index contributed by atoms with van der Waals surface area (Å²) in [7, 11) is 0. The van der Waals surface area contributed by atoms with Crippen LogP contribution >= 0.6 is 0 Å². The molecule has 2 amide bonds. The number of hydrogen-bond acceptors (Lipinski definition) is 4. The Kier molecular flexibility index (Phi) is 7.57. The van der Waals surface area contributed by atoms with Crippen molar-refractivity contribution < 1.29 is 32.3 Å². The lowest BCUT2D eigenvalue weighted by atomic mass is 9.64. The number of carbonyl (C=O) groups is 3. The van der Waals surface area contributed by atoms with E-state index < -0.39 is 23.4 Å². The number of carbonyl (C=O) groups excluding carboxylic acids is 3. The summed E-state index contributed by atoms with van der Waals surface area (Å²) >= 11 is 0. The Bertz CT molecular complexity index is 1060. The second-order valence-electron chi connectivity index (χ2n) is 10.3. The zero-order valence-electron chi connectivity index (χ0n) is 20.0. The molecular formula is C26H30F3N3O4. The average molecular weight is 506 g/mol. The minimum atomic E-state index is -4.93. The van der Waals surface area contributed by atoms with Crippen LogP contribution in [0.1, 0.15) is 63.4 Å². The van der Waals surface area contributed by atoms with E-state index in [-0.39, 0.29) is 48.4 Å². The molecule has 0 unspecified atom stereocenters. The quantitative estimate of drug-likeness (QED) is 0.483. The Balaban J connectivity index is 1.36. The number of hydrogen-bond donors (Lipinski definition) is 1. The first kappa shape index (κ1) is 26.0. The maximum Gasteiger partial charge on any atom is 0.573 e. The van der Waals surface area contributed by atoms with Crippen LogP contribution in [0.15, 0.2) is 18.2 Å². The zero-order valence-corrected chi connectivity index (χ0v) is 20.0. The summed E-state index contributed by atoms with van der Waals surface area (Å²) in [5, 5.41) is 2.66. The fourth-order valence-electron chi connectivity index (χ4n) is 5.18. The molecule has 1 heterocycles. The molecule has 1 atom stereocenters. The first-order chi connectivity index (χ1) is 17.1. The van der Waals surface area contributed by atoms with Crippen molar-refractivity contribution in [3.05, 3.63) is 35.2 Å². The molecule has 4 rings (SSSR count). The van der Waals surface area contributed by atoms with Crippen molar-refractivity contribution in [3.8, 4) is 5.75 Å². The summed E-state index contributed by atoms with van der Waals surface area (Å²) in [6, 6.07) is 3.68. The van der Waals surface area contributed by atoms with Crippen molar-refractivity contribution in [1.82, 2.24) is 10.2 Å². The van der Waals surface area contributed by atoms with Crippen LogP contribution in [0, 0.1) is 23.8 Å². The van der Waals surface area contributed by atoms with E-state index in [1.54, 1.807) is 4.90 Å². The average Bonchev–Trinajstić information content (AvgIpc) is 3.62. The summed E-state index contributed by atoms with van der Waals surface area (Å²) < 4.78 is 42.4. The maximum absolute atomic E-state index is 13.4. The number of nitrogens with zero attached hydrogens (tertiary/aromatic N) is 2. The Morgan fingerprint density at radius 1 is 1.17 bits per heavy atom. The summed E-state index contributed by atoms with van der Waals surface area (Å²) in [6.45, 7) is 7.56. The molecule has 0 radical (unpaired) electrons. The van der Waals surface area contributed by atoms with Crippen LogP contribution in [0.5, 0.6) is 5.75 Å². The molecule has 36 heavy (non-hydrogen) atoms. The van der Waals surface area contributed by atoms with Crippen molar-refractivity contribution in [1.29, 1.82) is 0 Å². The van der Waals surface area contributed by atoms with Gasteiger partial charge in [0.05, 0.1) is 17.9 Å². The first-order valence-electron chi connectivity index (χ1n) is 12.4. The molecule has 0 spiro atoms. The van der Waals surface area contributed by atoms with Gasteiger partial charge in [0.25, 0.3) is 0 Å². The van der Waals surface area contributed by atoms with Gasteiger partial charge in [0, 0.05) is 38.0 Å². The largest absolute Gasteiger partial charge is 0.573 e. The fourth-order valence-corrected chi connectivity index (χ4v) is 5.18. The van der Waals surface area contributed by atoms with Crippen LogP contribution in [0.2, 0.25) is 0 Å². The third kappa shape index (κ3) is 6.37. The Morgan fingerprint density at radius 2 is 1.92 bits per heavy atom. The second kappa shape index (κ2) is 10.5. The van der Waals surface area contributed by atoms with E-state index >= 15 is 0 Å². The molecule has 10 heteroatoms. The molecule has 3 fully saturated rings. The SMILES string of the molecule is [C-]#[N+]c1ccc(CNC(=O)[C@@H]2CCCN(C(=O)C3(CC(=O)CC4CC4)CCC3)C2)c(OC(F)(F)F)c1. The Morgan fingerprint density at radius 3 is 2.53 bits per heavy atom. The van der Waals surface area contributed by atoms with Gasteiger partial charge in [0.1, 0.15) is 11.5 Å². The van der Waals surface area contributed by atoms with E-state index in [4.69, 9.17) is 6.57 Å². The summed E-state index contributed by atoms with van der Waals surface area (Å²) in [5.74, 6) is -0.792. The second-order valence-corrected chi connectivity index (χ2v) is 10.3. The van der Waals surface area contributed by atoms with Crippen molar-refractivity contribution in [2.45, 2.75) is 70.7 Å². The maximum atomic E-state index is 13.4. The number of ether oxygens (including phenoxy) is 1. The molecule has 1 saturated heterocycles. The van der Waals surface area contributed by atoms with Crippen LogP contribution in [-0.2, 0) is 20.9 Å². The first-order valence-corrected chi connectivity index (χ1v) is 12.4. The topological polar surface area (TPSA) is 80.1 Å². The molecule has 0 bridgehead atoms. The van der Waals surface area contributed by atoms with Gasteiger partial charge >= 0.3 is 6.36 Å². The number of Topliss-reactive ketones (excluding diaryl/α,β-unsaturated/α-hetero) is 1. The van der Waals surface area contributed by atoms with Gasteiger partial charge in [-0.1, -0.05) is 18.6 Å². The third-order valence-corrected chi connectivity index (χ3v) is 7.45. The molecule has 7 nitrogen and oxygen atoms in total. The number of benzene rings is 1. The minimum absolute atomic E-state index is 0.00806. The predicted molar refractivity (Wildman–Crippen MR) is 124 cm³/mol. The number of nitrogens with one attached hydrogen (secondary N) is 1. The van der Waals surface area contributed by atoms with E-state index in [2.05, 4.69) is 14.9 Å². The Hall–Kier alpha value is -3.09. The molecule has 2 aliphatic carbocycles. The van der Waals surface area contributed by atoms with Gasteiger partial charge in [-0.2, -0.15) is 0 Å². The van der Waals surface area contributed by atoms with Crippen LogP contribution < -0.4 is 10.1 Å². The van der Waals surface area contributed by atoms with Gasteiger partial charge < -0.3 is 15.0 Å². The number of halogens is 3. The lowest BCUT2D eigenvalue weighted by Gasteiger charge is -2.45. The van der Waals surface area contributed by atoms with Crippen LogP contribution in [-0.4, -0.2) is 41.9 Å². The fraction of sp³-hybridized carbons (Fsp3) is 0.615. The normalized spacial score (nSPS) is 21.2. The number of rotatable bonds is 9. The van der Waals surface area contributed by atoms with E-state index in [1.165, 1.54) is 12.1 Å². The molecule has 1 aromatic rings. The molecular weight excluding hydrogens is 475 g/mol. The van der Waals surface area contributed by atoms with E-state index in [0.717, 1.165) is 25.3 Å². The lowest BCUT2D eigenvalue weighted by molar-refractivity contribution is -0.274. The highest BCUT2D eigenvalue weighted by Crippen LogP contribution is 2.47. The highest BCUT2D eigenvalue weighted by atomic mass is 19.4. The smallest absolute Gasteiger partial charge is 0.407 e. The minimum Gasteiger partial charge on any atom is -0.407 e. The van der Waals surface area contributed by atoms with Gasteiger partial charge in [-0.25, -0.2) is 4.85 Å². The van der Waals surface area contributed by atoms with Gasteiger partial charge in [0.15, 0.2) is 5.69 Å². The number of amides is 2. The van der Waals surface area contributed by atoms with Crippen LogP contribution in [0.25, 0.3) is 4.85 Å². The molecule has 2 saturated carbocycles. The summed E-state index contributed by atoms with van der Waals surface area (Å²) in [6.07, 6.45) is 1.57. The van der Waals surface area contributed by atoms with Crippen molar-refractivity contribution >= 4 is 23.3 Å². The summed E-state index contributed by atoms with van der Waals surface area (Å²) in [4.78, 5) is 43.6. The number of likely N-dealkylation sites (tertiary alicyclic amines) is 1. The predicted octanol–water partition coefficient (Wildman–Crippen LogP) is 4.92. The molecule has 1 aliphatic heterocycles. The molecule has 1 aromatic carbocycles. The monoisotopic (exact) mass is 505 g/mol. The molecule has 1 N–H and O–H groups in total. The van der Waals surface area contributed by atoms with Crippen molar-refractivity contribution in [2.24, 2.45) is 17.3 Å². The van der Waals surface area contributed by atoms with Gasteiger partial charge in [-0.15, -0.1) is 13.2 Å². The van der Waals surface area contributed by atoms with E-state index in [0.29, 0.717) is 44.6 Å². The van der Waals surface area contributed by atoms with Gasteiger partial charge in [-0.3, -0.25) is 14.4 Å². The number of alkyl halides is 3. The van der Waals surface area contributed by atoms with E-state index in [1.807, 2.05) is 0 Å². The van der Waals surface area contributed by atoms with Gasteiger partial charge in [0.2, 0.25) is 11.8 Å². The zero-order chi connectivity index (χ0) is 25.9. The third-order valence-electron chi connectivity index (χ3n) is 7.45. The highest BCUT2D eigenvalue weighted by Gasteiger charge is 2.48. The van der Waals surface area contributed by atoms with Crippen molar-refractivity contribution in [2.75, 3.05) is 13.1 Å². The Labute approximate surface area is 208 Å². The number of ketones is 1. The summed E-state index contributed by atoms with van der Waals surface area (Å²) in [5.41, 5.74) is -0.551. The molecule has 3 aliphatic rings. The molecule has 194 valence electrons. The van der Waals surface area contributed by atoms with Crippen LogP contribution in [0.3, 0.4) is 0 Å². The van der Waals surface area contributed by atoms with Gasteiger partial charge in [-0.05, 0) is 50.5 Å². The van der Waals surface area contributed by atoms with E-state index in [9.17, 15) is 27.6 Å². The molecule has 0 aromatic heterocycles. The number of piperidine rings is 1. The lowest BCUT2D eigenvalue weighted by Crippen LogP contribution is -2.53. The van der Waals surface area contributed by atoms with Crippen molar-refractivity contribution in [3.63, 3.8) is 0 Å².